The molecule has 3 aromatic carbocycles. The molecule has 1 aliphatic rings. The predicted octanol–water partition coefficient (Wildman–Crippen LogP) is 4.52. The van der Waals surface area contributed by atoms with Gasteiger partial charge in [-0.25, -0.2) is 0 Å². The van der Waals surface area contributed by atoms with Crippen LogP contribution in [0.5, 0.6) is 5.75 Å². The first-order valence-electron chi connectivity index (χ1n) is 9.24. The molecule has 3 aromatic rings. The molecule has 0 aromatic heterocycles. The van der Waals surface area contributed by atoms with Gasteiger partial charge in [-0.2, -0.15) is 0 Å². The van der Waals surface area contributed by atoms with Crippen molar-refractivity contribution in [1.29, 1.82) is 0 Å². The van der Waals surface area contributed by atoms with Gasteiger partial charge in [0.1, 0.15) is 16.9 Å². The molecule has 166 valence electrons. The van der Waals surface area contributed by atoms with Crippen molar-refractivity contribution in [2.45, 2.75) is 6.36 Å². The zero-order valence-electron chi connectivity index (χ0n) is 16.3. The van der Waals surface area contributed by atoms with Crippen molar-refractivity contribution in [3.8, 4) is 5.75 Å². The van der Waals surface area contributed by atoms with Crippen LogP contribution in [0.25, 0.3) is 0 Å². The van der Waals surface area contributed by atoms with E-state index in [0.29, 0.717) is 0 Å². The Morgan fingerprint density at radius 3 is 2.06 bits per heavy atom. The average molecular weight is 456 g/mol. The van der Waals surface area contributed by atoms with E-state index in [1.54, 1.807) is 6.07 Å². The summed E-state index contributed by atoms with van der Waals surface area (Å²) in [5, 5.41) is 14.2. The summed E-state index contributed by atoms with van der Waals surface area (Å²) in [4.78, 5) is 49.4. The van der Waals surface area contributed by atoms with Gasteiger partial charge in [-0.3, -0.25) is 24.5 Å². The van der Waals surface area contributed by atoms with Crippen LogP contribution in [-0.4, -0.2) is 28.8 Å². The molecule has 0 heterocycles. The SMILES string of the molecule is O=C1c2ccccc2C(=O)c2c1ccc(C(=O)Nc1ccc(OC(F)(F)F)cc1)c2[N+](=O)[O-]. The molecule has 0 saturated carbocycles. The Bertz CT molecular complexity index is 1330. The summed E-state index contributed by atoms with van der Waals surface area (Å²) in [6, 6.07) is 12.2. The number of halogens is 3. The summed E-state index contributed by atoms with van der Waals surface area (Å²) in [5.41, 5.74) is -1.92. The smallest absolute Gasteiger partial charge is 0.406 e. The number of hydrogen-bond acceptors (Lipinski definition) is 6. The molecule has 0 aliphatic heterocycles. The number of carbonyl (C=O) groups excluding carboxylic acids is 3. The van der Waals surface area contributed by atoms with Gasteiger partial charge in [0.15, 0.2) is 5.78 Å². The number of carbonyl (C=O) groups is 3. The Labute approximate surface area is 182 Å². The topological polar surface area (TPSA) is 116 Å². The van der Waals surface area contributed by atoms with E-state index in [4.69, 9.17) is 0 Å². The minimum atomic E-state index is -4.89. The van der Waals surface area contributed by atoms with Gasteiger partial charge in [-0.05, 0) is 36.4 Å². The molecule has 1 aliphatic carbocycles. The van der Waals surface area contributed by atoms with Crippen molar-refractivity contribution < 1.29 is 37.2 Å². The zero-order valence-corrected chi connectivity index (χ0v) is 16.3. The van der Waals surface area contributed by atoms with Crippen LogP contribution in [0.1, 0.15) is 42.2 Å². The largest absolute Gasteiger partial charge is 0.573 e. The maximum atomic E-state index is 13.0. The van der Waals surface area contributed by atoms with Crippen LogP contribution in [-0.2, 0) is 0 Å². The fourth-order valence-electron chi connectivity index (χ4n) is 3.48. The highest BCUT2D eigenvalue weighted by Gasteiger charge is 2.38. The first kappa shape index (κ1) is 21.7. The van der Waals surface area contributed by atoms with Crippen molar-refractivity contribution in [2.75, 3.05) is 5.32 Å². The minimum absolute atomic E-state index is 0.0177. The molecule has 1 amide bonds. The lowest BCUT2D eigenvalue weighted by atomic mass is 9.82. The number of ketones is 2. The van der Waals surface area contributed by atoms with Gasteiger partial charge in [0.25, 0.3) is 11.6 Å². The maximum Gasteiger partial charge on any atom is 0.573 e. The van der Waals surface area contributed by atoms with E-state index in [-0.39, 0.29) is 22.4 Å². The van der Waals surface area contributed by atoms with Gasteiger partial charge < -0.3 is 10.1 Å². The molecule has 33 heavy (non-hydrogen) atoms. The first-order valence-corrected chi connectivity index (χ1v) is 9.24. The second kappa shape index (κ2) is 7.86. The molecule has 1 N–H and O–H groups in total. The summed E-state index contributed by atoms with van der Waals surface area (Å²) in [7, 11) is 0. The Hall–Kier alpha value is -4.54. The molecular formula is C22H11F3N2O6. The van der Waals surface area contributed by atoms with E-state index in [1.165, 1.54) is 18.2 Å². The number of fused-ring (bicyclic) bond motifs is 2. The molecule has 0 spiro atoms. The van der Waals surface area contributed by atoms with Crippen molar-refractivity contribution in [3.05, 3.63) is 98.6 Å². The minimum Gasteiger partial charge on any atom is -0.406 e. The van der Waals surface area contributed by atoms with Gasteiger partial charge >= 0.3 is 6.36 Å². The van der Waals surface area contributed by atoms with E-state index in [1.807, 2.05) is 0 Å². The first-order chi connectivity index (χ1) is 15.6. The van der Waals surface area contributed by atoms with Gasteiger partial charge in [-0.1, -0.05) is 24.3 Å². The Kier molecular flexibility index (Phi) is 5.16. The number of rotatable bonds is 4. The summed E-state index contributed by atoms with van der Waals surface area (Å²) in [6.45, 7) is 0. The number of hydrogen-bond donors (Lipinski definition) is 1. The fourth-order valence-corrected chi connectivity index (χ4v) is 3.48. The quantitative estimate of drug-likeness (QED) is 0.357. The Morgan fingerprint density at radius 1 is 0.879 bits per heavy atom. The molecular weight excluding hydrogens is 445 g/mol. The molecule has 4 rings (SSSR count). The number of ether oxygens (including phenoxy) is 1. The Morgan fingerprint density at radius 2 is 1.48 bits per heavy atom. The molecule has 0 atom stereocenters. The predicted molar refractivity (Wildman–Crippen MR) is 107 cm³/mol. The van der Waals surface area contributed by atoms with Gasteiger partial charge in [0.2, 0.25) is 5.78 Å². The highest BCUT2D eigenvalue weighted by molar-refractivity contribution is 6.30. The number of alkyl halides is 3. The molecule has 0 saturated heterocycles. The number of amides is 1. The van der Waals surface area contributed by atoms with Crippen LogP contribution in [0.15, 0.2) is 60.7 Å². The van der Waals surface area contributed by atoms with Gasteiger partial charge in [0, 0.05) is 22.4 Å². The lowest BCUT2D eigenvalue weighted by Gasteiger charge is -2.18. The third kappa shape index (κ3) is 4.03. The second-order valence-corrected chi connectivity index (χ2v) is 6.87. The van der Waals surface area contributed by atoms with Crippen molar-refractivity contribution >= 4 is 28.8 Å². The number of nitro groups is 1. The standard InChI is InChI=1S/C22H11F3N2O6/c23-22(24,25)33-12-7-5-11(6-8-12)26-21(30)16-10-9-15-17(18(16)27(31)32)20(29)14-4-2-1-3-13(14)19(15)28/h1-10H,(H,26,30). The average Bonchev–Trinajstić information content (AvgIpc) is 2.76. The van der Waals surface area contributed by atoms with E-state index < -0.39 is 51.3 Å². The zero-order chi connectivity index (χ0) is 23.9. The number of nitro benzene ring substituents is 1. The normalized spacial score (nSPS) is 12.6. The van der Waals surface area contributed by atoms with Crippen LogP contribution in [0, 0.1) is 10.1 Å². The lowest BCUT2D eigenvalue weighted by molar-refractivity contribution is -0.385. The molecule has 0 unspecified atom stereocenters. The van der Waals surface area contributed by atoms with E-state index in [2.05, 4.69) is 10.1 Å². The van der Waals surface area contributed by atoms with Crippen molar-refractivity contribution in [3.63, 3.8) is 0 Å². The van der Waals surface area contributed by atoms with Crippen LogP contribution in [0.4, 0.5) is 24.5 Å². The molecule has 11 heteroatoms. The fraction of sp³-hybridized carbons (Fsp3) is 0.0455. The number of anilines is 1. The summed E-state index contributed by atoms with van der Waals surface area (Å²) >= 11 is 0. The monoisotopic (exact) mass is 456 g/mol. The molecule has 0 radical (unpaired) electrons. The second-order valence-electron chi connectivity index (χ2n) is 6.87. The maximum absolute atomic E-state index is 13.0. The van der Waals surface area contributed by atoms with Crippen LogP contribution in [0.2, 0.25) is 0 Å². The van der Waals surface area contributed by atoms with E-state index >= 15 is 0 Å². The summed E-state index contributed by atoms with van der Waals surface area (Å²) < 4.78 is 40.6. The van der Waals surface area contributed by atoms with E-state index in [0.717, 1.165) is 36.4 Å². The number of nitrogens with one attached hydrogen (secondary N) is 1. The van der Waals surface area contributed by atoms with Crippen LogP contribution < -0.4 is 10.1 Å². The molecule has 0 bridgehead atoms. The van der Waals surface area contributed by atoms with Gasteiger partial charge in [-0.15, -0.1) is 13.2 Å². The van der Waals surface area contributed by atoms with Crippen LogP contribution in [0.3, 0.4) is 0 Å². The highest BCUT2D eigenvalue weighted by Crippen LogP contribution is 2.36. The lowest BCUT2D eigenvalue weighted by Crippen LogP contribution is -2.24. The van der Waals surface area contributed by atoms with Gasteiger partial charge in [0.05, 0.1) is 4.92 Å². The summed E-state index contributed by atoms with van der Waals surface area (Å²) in [5.74, 6) is -2.87. The van der Waals surface area contributed by atoms with Crippen LogP contribution >= 0.6 is 0 Å². The number of nitrogens with zero attached hydrogens (tertiary/aromatic N) is 1. The third-order valence-corrected chi connectivity index (χ3v) is 4.84. The Balaban J connectivity index is 1.71. The van der Waals surface area contributed by atoms with E-state index in [9.17, 15) is 37.7 Å². The number of benzene rings is 3. The molecule has 8 nitrogen and oxygen atoms in total. The molecule has 0 fully saturated rings. The summed E-state index contributed by atoms with van der Waals surface area (Å²) in [6.07, 6.45) is -4.89. The third-order valence-electron chi connectivity index (χ3n) is 4.84. The van der Waals surface area contributed by atoms with Crippen molar-refractivity contribution in [1.82, 2.24) is 0 Å². The van der Waals surface area contributed by atoms with Crippen molar-refractivity contribution in [2.24, 2.45) is 0 Å². The highest BCUT2D eigenvalue weighted by atomic mass is 19.4.